The lowest BCUT2D eigenvalue weighted by Crippen LogP contribution is -2.56. The summed E-state index contributed by atoms with van der Waals surface area (Å²) in [6.07, 6.45) is 4.54. The smallest absolute Gasteiger partial charge is 0.250 e. The number of hydrogen-bond acceptors (Lipinski definition) is 3. The number of nitrogens with one attached hydrogen (secondary N) is 1. The van der Waals surface area contributed by atoms with Crippen LogP contribution in [-0.2, 0) is 19.7 Å². The van der Waals surface area contributed by atoms with Crippen molar-refractivity contribution in [3.05, 3.63) is 35.4 Å². The van der Waals surface area contributed by atoms with Crippen LogP contribution in [0.1, 0.15) is 43.2 Å². The zero-order chi connectivity index (χ0) is 17.9. The quantitative estimate of drug-likeness (QED) is 0.914. The summed E-state index contributed by atoms with van der Waals surface area (Å²) in [5.74, 6) is 0.00443. The van der Waals surface area contributed by atoms with Crippen LogP contribution in [0, 0.1) is 6.92 Å². The molecule has 5 heteroatoms. The topological polar surface area (TPSA) is 58.6 Å². The number of hydrogen-bond donors (Lipinski definition) is 1. The number of nitrogens with zero attached hydrogens (tertiary/aromatic N) is 1. The van der Waals surface area contributed by atoms with Crippen LogP contribution in [-0.4, -0.2) is 49.6 Å². The number of ether oxygens (including phenoxy) is 1. The third-order valence-corrected chi connectivity index (χ3v) is 5.67. The number of aryl methyl sites for hydroxylation is 1. The van der Waals surface area contributed by atoms with E-state index in [1.807, 2.05) is 17.0 Å². The van der Waals surface area contributed by atoms with Crippen molar-refractivity contribution in [3.8, 4) is 0 Å². The van der Waals surface area contributed by atoms with Crippen molar-refractivity contribution < 1.29 is 14.3 Å². The van der Waals surface area contributed by atoms with Crippen molar-refractivity contribution in [2.24, 2.45) is 0 Å². The Morgan fingerprint density at radius 3 is 2.60 bits per heavy atom. The predicted molar refractivity (Wildman–Crippen MR) is 96.3 cm³/mol. The lowest BCUT2D eigenvalue weighted by Gasteiger charge is -2.43. The number of amides is 2. The number of carbonyl (C=O) groups excluding carboxylic acids is 2. The molecule has 2 aliphatic rings. The molecular weight excluding hydrogens is 316 g/mol. The van der Waals surface area contributed by atoms with Crippen molar-refractivity contribution in [1.29, 1.82) is 0 Å². The van der Waals surface area contributed by atoms with Gasteiger partial charge in [0.2, 0.25) is 5.91 Å². The Kier molecular flexibility index (Phi) is 5.42. The van der Waals surface area contributed by atoms with E-state index in [1.54, 1.807) is 7.05 Å². The molecule has 2 fully saturated rings. The molecule has 2 amide bonds. The van der Waals surface area contributed by atoms with E-state index >= 15 is 0 Å². The number of rotatable bonds is 3. The van der Waals surface area contributed by atoms with Crippen LogP contribution in [0.4, 0.5) is 0 Å². The average molecular weight is 344 g/mol. The van der Waals surface area contributed by atoms with Gasteiger partial charge in [0.05, 0.1) is 18.6 Å². The summed E-state index contributed by atoms with van der Waals surface area (Å²) >= 11 is 0. The molecule has 1 unspecified atom stereocenters. The van der Waals surface area contributed by atoms with E-state index < -0.39 is 11.5 Å². The van der Waals surface area contributed by atoms with E-state index in [-0.39, 0.29) is 11.8 Å². The Morgan fingerprint density at radius 1 is 1.20 bits per heavy atom. The predicted octanol–water partition coefficient (Wildman–Crippen LogP) is 2.17. The molecular formula is C20H28N2O3. The van der Waals surface area contributed by atoms with Crippen molar-refractivity contribution in [1.82, 2.24) is 10.2 Å². The molecule has 1 aromatic carbocycles. The minimum atomic E-state index is -0.569. The SMILES string of the molecule is CNC(=O)C1CN(C(=O)C2(c3ccccc3C)CCCCC2)CCO1. The molecule has 0 bridgehead atoms. The molecule has 0 radical (unpaired) electrons. The van der Waals surface area contributed by atoms with E-state index in [1.165, 1.54) is 12.0 Å². The normalized spacial score (nSPS) is 23.1. The maximum atomic E-state index is 13.6. The summed E-state index contributed by atoms with van der Waals surface area (Å²) in [5.41, 5.74) is 1.88. The molecule has 0 aromatic heterocycles. The highest BCUT2D eigenvalue weighted by Crippen LogP contribution is 2.42. The van der Waals surface area contributed by atoms with Gasteiger partial charge in [-0.25, -0.2) is 0 Å². The third kappa shape index (κ3) is 3.43. The molecule has 1 saturated heterocycles. The Balaban J connectivity index is 1.90. The summed E-state index contributed by atoms with van der Waals surface area (Å²) < 4.78 is 5.55. The Labute approximate surface area is 149 Å². The first-order valence-corrected chi connectivity index (χ1v) is 9.27. The lowest BCUT2D eigenvalue weighted by atomic mass is 9.67. The van der Waals surface area contributed by atoms with Gasteiger partial charge in [-0.15, -0.1) is 0 Å². The largest absolute Gasteiger partial charge is 0.365 e. The highest BCUT2D eigenvalue weighted by Gasteiger charge is 2.45. The van der Waals surface area contributed by atoms with Crippen LogP contribution in [0.15, 0.2) is 24.3 Å². The van der Waals surface area contributed by atoms with Gasteiger partial charge in [0, 0.05) is 13.6 Å². The molecule has 25 heavy (non-hydrogen) atoms. The second kappa shape index (κ2) is 7.56. The monoisotopic (exact) mass is 344 g/mol. The fourth-order valence-corrected chi connectivity index (χ4v) is 4.32. The summed E-state index contributed by atoms with van der Waals surface area (Å²) in [5, 5.41) is 2.62. The Bertz CT molecular complexity index is 638. The first-order valence-electron chi connectivity index (χ1n) is 9.27. The second-order valence-electron chi connectivity index (χ2n) is 7.18. The molecule has 1 aliphatic heterocycles. The van der Waals surface area contributed by atoms with Gasteiger partial charge in [-0.1, -0.05) is 43.5 Å². The lowest BCUT2D eigenvalue weighted by molar-refractivity contribution is -0.151. The highest BCUT2D eigenvalue weighted by atomic mass is 16.5. The first-order chi connectivity index (χ1) is 12.1. The minimum absolute atomic E-state index is 0.161. The van der Waals surface area contributed by atoms with Gasteiger partial charge in [-0.3, -0.25) is 9.59 Å². The van der Waals surface area contributed by atoms with Crippen LogP contribution in [0.25, 0.3) is 0 Å². The van der Waals surface area contributed by atoms with Crippen molar-refractivity contribution in [2.75, 3.05) is 26.7 Å². The zero-order valence-corrected chi connectivity index (χ0v) is 15.2. The Morgan fingerprint density at radius 2 is 1.92 bits per heavy atom. The van der Waals surface area contributed by atoms with E-state index in [4.69, 9.17) is 4.74 Å². The number of likely N-dealkylation sites (N-methyl/N-ethyl adjacent to an activating group) is 1. The second-order valence-corrected chi connectivity index (χ2v) is 7.18. The zero-order valence-electron chi connectivity index (χ0n) is 15.2. The molecule has 1 N–H and O–H groups in total. The molecule has 1 heterocycles. The van der Waals surface area contributed by atoms with E-state index in [9.17, 15) is 9.59 Å². The maximum Gasteiger partial charge on any atom is 0.250 e. The van der Waals surface area contributed by atoms with E-state index in [0.29, 0.717) is 19.7 Å². The molecule has 1 aromatic rings. The minimum Gasteiger partial charge on any atom is -0.365 e. The number of morpholine rings is 1. The van der Waals surface area contributed by atoms with Crippen LogP contribution in [0.5, 0.6) is 0 Å². The number of carbonyl (C=O) groups is 2. The van der Waals surface area contributed by atoms with Crippen LogP contribution in [0.2, 0.25) is 0 Å². The standard InChI is InChI=1S/C20H28N2O3/c1-15-8-4-5-9-16(15)20(10-6-3-7-11-20)19(24)22-12-13-25-17(14-22)18(23)21-2/h4-5,8-9,17H,3,6-7,10-14H2,1-2H3,(H,21,23). The maximum absolute atomic E-state index is 13.6. The van der Waals surface area contributed by atoms with E-state index in [2.05, 4.69) is 24.4 Å². The fourth-order valence-electron chi connectivity index (χ4n) is 4.32. The molecule has 136 valence electrons. The fraction of sp³-hybridized carbons (Fsp3) is 0.600. The van der Waals surface area contributed by atoms with Gasteiger partial charge in [0.1, 0.15) is 0 Å². The summed E-state index contributed by atoms with van der Waals surface area (Å²) in [4.78, 5) is 27.4. The van der Waals surface area contributed by atoms with Gasteiger partial charge in [0.15, 0.2) is 6.10 Å². The summed E-state index contributed by atoms with van der Waals surface area (Å²) in [7, 11) is 1.60. The molecule has 1 atom stereocenters. The summed E-state index contributed by atoms with van der Waals surface area (Å²) in [6, 6.07) is 8.25. The highest BCUT2D eigenvalue weighted by molar-refractivity contribution is 5.90. The van der Waals surface area contributed by atoms with Crippen molar-refractivity contribution in [3.63, 3.8) is 0 Å². The van der Waals surface area contributed by atoms with Gasteiger partial charge < -0.3 is 15.0 Å². The molecule has 3 rings (SSSR count). The Hall–Kier alpha value is -1.88. The molecule has 1 aliphatic carbocycles. The van der Waals surface area contributed by atoms with Crippen LogP contribution >= 0.6 is 0 Å². The molecule has 0 spiro atoms. The first kappa shape index (κ1) is 17.9. The van der Waals surface area contributed by atoms with Gasteiger partial charge in [0.25, 0.3) is 5.91 Å². The van der Waals surface area contributed by atoms with E-state index in [0.717, 1.165) is 31.2 Å². The van der Waals surface area contributed by atoms with Crippen LogP contribution in [0.3, 0.4) is 0 Å². The van der Waals surface area contributed by atoms with Gasteiger partial charge in [-0.05, 0) is 30.9 Å². The molecule has 1 saturated carbocycles. The molecule has 5 nitrogen and oxygen atoms in total. The average Bonchev–Trinajstić information content (AvgIpc) is 2.67. The number of benzene rings is 1. The van der Waals surface area contributed by atoms with Crippen LogP contribution < -0.4 is 5.32 Å². The van der Waals surface area contributed by atoms with Gasteiger partial charge >= 0.3 is 0 Å². The third-order valence-electron chi connectivity index (χ3n) is 5.67. The van der Waals surface area contributed by atoms with Crippen molar-refractivity contribution in [2.45, 2.75) is 50.5 Å². The van der Waals surface area contributed by atoms with Gasteiger partial charge in [-0.2, -0.15) is 0 Å². The summed E-state index contributed by atoms with van der Waals surface area (Å²) in [6.45, 7) is 3.39. The van der Waals surface area contributed by atoms with Crippen molar-refractivity contribution >= 4 is 11.8 Å².